The zero-order chi connectivity index (χ0) is 13.2. The highest BCUT2D eigenvalue weighted by Gasteiger charge is 2.30. The second-order valence-electron chi connectivity index (χ2n) is 5.01. The van der Waals surface area contributed by atoms with Crippen molar-refractivity contribution in [1.29, 1.82) is 0 Å². The Morgan fingerprint density at radius 2 is 1.83 bits per heavy atom. The maximum Gasteiger partial charge on any atom is 0.150 e. The Morgan fingerprint density at radius 3 is 2.39 bits per heavy atom. The molecule has 1 aromatic carbocycles. The van der Waals surface area contributed by atoms with Gasteiger partial charge in [0.1, 0.15) is 16.1 Å². The summed E-state index contributed by atoms with van der Waals surface area (Å²) in [5.74, 6) is 0.427. The van der Waals surface area contributed by atoms with Gasteiger partial charge < -0.3 is 4.79 Å². The number of carbonyl (C=O) groups excluding carboxylic acids is 1. The van der Waals surface area contributed by atoms with Crippen LogP contribution in [-0.4, -0.2) is 26.2 Å². The molecule has 2 rings (SSSR count). The molecule has 18 heavy (non-hydrogen) atoms. The molecule has 0 spiro atoms. The number of rotatable bonds is 3. The van der Waals surface area contributed by atoms with E-state index in [1.807, 2.05) is 31.2 Å². The molecule has 0 radical (unpaired) electrons. The molecule has 1 aromatic rings. The number of aldehydes is 1. The fraction of sp³-hybridized carbons (Fsp3) is 0.500. The van der Waals surface area contributed by atoms with Gasteiger partial charge in [-0.3, -0.25) is 0 Å². The first-order valence-electron chi connectivity index (χ1n) is 6.25. The van der Waals surface area contributed by atoms with Gasteiger partial charge >= 0.3 is 0 Å². The van der Waals surface area contributed by atoms with E-state index in [0.29, 0.717) is 12.8 Å². The minimum absolute atomic E-state index is 0.159. The maximum atomic E-state index is 11.4. The summed E-state index contributed by atoms with van der Waals surface area (Å²) < 4.78 is 22.8. The summed E-state index contributed by atoms with van der Waals surface area (Å²) in [6, 6.07) is 7.84. The molecule has 1 aliphatic rings. The molecule has 1 saturated heterocycles. The van der Waals surface area contributed by atoms with Crippen molar-refractivity contribution in [3.63, 3.8) is 0 Å². The SMILES string of the molecule is Cc1ccccc1C(C=O)C1CCS(=O)(=O)CC1. The molecule has 1 atom stereocenters. The summed E-state index contributed by atoms with van der Waals surface area (Å²) in [6.07, 6.45) is 2.17. The minimum Gasteiger partial charge on any atom is -0.303 e. The largest absolute Gasteiger partial charge is 0.303 e. The van der Waals surface area contributed by atoms with Crippen molar-refractivity contribution >= 4 is 16.1 Å². The van der Waals surface area contributed by atoms with Crippen molar-refractivity contribution in [2.24, 2.45) is 5.92 Å². The zero-order valence-corrected chi connectivity index (χ0v) is 11.3. The van der Waals surface area contributed by atoms with Crippen LogP contribution in [0.15, 0.2) is 24.3 Å². The molecule has 0 N–H and O–H groups in total. The molecule has 0 aromatic heterocycles. The summed E-state index contributed by atoms with van der Waals surface area (Å²) in [5.41, 5.74) is 2.14. The van der Waals surface area contributed by atoms with E-state index in [1.54, 1.807) is 0 Å². The van der Waals surface area contributed by atoms with Crippen LogP contribution in [0.1, 0.15) is 29.9 Å². The van der Waals surface area contributed by atoms with E-state index in [9.17, 15) is 13.2 Å². The van der Waals surface area contributed by atoms with E-state index in [4.69, 9.17) is 0 Å². The number of benzene rings is 1. The Bertz CT molecular complexity index is 520. The highest BCUT2D eigenvalue weighted by molar-refractivity contribution is 7.91. The highest BCUT2D eigenvalue weighted by atomic mass is 32.2. The van der Waals surface area contributed by atoms with Crippen LogP contribution in [0.5, 0.6) is 0 Å². The summed E-state index contributed by atoms with van der Waals surface area (Å²) in [7, 11) is -2.87. The molecular weight excluding hydrogens is 248 g/mol. The lowest BCUT2D eigenvalue weighted by atomic mass is 9.82. The van der Waals surface area contributed by atoms with E-state index in [-0.39, 0.29) is 23.3 Å². The molecule has 1 unspecified atom stereocenters. The fourth-order valence-electron chi connectivity index (χ4n) is 2.67. The van der Waals surface area contributed by atoms with Crippen molar-refractivity contribution in [2.75, 3.05) is 11.5 Å². The van der Waals surface area contributed by atoms with Crippen molar-refractivity contribution < 1.29 is 13.2 Å². The summed E-state index contributed by atoms with van der Waals surface area (Å²) in [4.78, 5) is 11.4. The predicted octanol–water partition coefficient (Wildman–Crippen LogP) is 2.10. The first-order chi connectivity index (χ1) is 8.53. The molecule has 1 aliphatic heterocycles. The van der Waals surface area contributed by atoms with Gasteiger partial charge in [0.2, 0.25) is 0 Å². The number of aryl methyl sites for hydroxylation is 1. The highest BCUT2D eigenvalue weighted by Crippen LogP contribution is 2.33. The normalized spacial score (nSPS) is 21.4. The monoisotopic (exact) mass is 266 g/mol. The molecule has 0 bridgehead atoms. The van der Waals surface area contributed by atoms with E-state index in [0.717, 1.165) is 17.4 Å². The molecule has 0 aliphatic carbocycles. The Balaban J connectivity index is 2.21. The lowest BCUT2D eigenvalue weighted by Gasteiger charge is -2.27. The van der Waals surface area contributed by atoms with Gasteiger partial charge in [-0.15, -0.1) is 0 Å². The zero-order valence-electron chi connectivity index (χ0n) is 10.5. The quantitative estimate of drug-likeness (QED) is 0.787. The van der Waals surface area contributed by atoms with E-state index in [2.05, 4.69) is 0 Å². The Kier molecular flexibility index (Phi) is 3.85. The summed E-state index contributed by atoms with van der Waals surface area (Å²) in [6.45, 7) is 1.99. The number of carbonyl (C=O) groups is 1. The van der Waals surface area contributed by atoms with Gasteiger partial charge in [-0.2, -0.15) is 0 Å². The number of sulfone groups is 1. The molecule has 0 amide bonds. The van der Waals surface area contributed by atoms with E-state index < -0.39 is 9.84 Å². The third kappa shape index (κ3) is 2.80. The number of hydrogen-bond donors (Lipinski definition) is 0. The lowest BCUT2D eigenvalue weighted by molar-refractivity contribution is -0.110. The first kappa shape index (κ1) is 13.3. The van der Waals surface area contributed by atoms with Gasteiger partial charge in [-0.1, -0.05) is 24.3 Å². The van der Waals surface area contributed by atoms with Crippen LogP contribution in [0, 0.1) is 12.8 Å². The lowest BCUT2D eigenvalue weighted by Crippen LogP contribution is -2.28. The smallest absolute Gasteiger partial charge is 0.150 e. The number of hydrogen-bond acceptors (Lipinski definition) is 3. The van der Waals surface area contributed by atoms with Gasteiger partial charge in [0.15, 0.2) is 0 Å². The van der Waals surface area contributed by atoms with E-state index >= 15 is 0 Å². The maximum absolute atomic E-state index is 11.4. The van der Waals surface area contributed by atoms with E-state index in [1.165, 1.54) is 0 Å². The molecule has 0 saturated carbocycles. The van der Waals surface area contributed by atoms with Gasteiger partial charge in [0, 0.05) is 5.92 Å². The Morgan fingerprint density at radius 1 is 1.22 bits per heavy atom. The van der Waals surface area contributed by atoms with Crippen molar-refractivity contribution in [2.45, 2.75) is 25.7 Å². The van der Waals surface area contributed by atoms with Crippen LogP contribution >= 0.6 is 0 Å². The average molecular weight is 266 g/mol. The molecule has 4 heteroatoms. The topological polar surface area (TPSA) is 51.2 Å². The average Bonchev–Trinajstić information content (AvgIpc) is 2.34. The van der Waals surface area contributed by atoms with Crippen LogP contribution in [0.25, 0.3) is 0 Å². The second kappa shape index (κ2) is 5.22. The van der Waals surface area contributed by atoms with Crippen molar-refractivity contribution in [3.8, 4) is 0 Å². The van der Waals surface area contributed by atoms with Crippen molar-refractivity contribution in [1.82, 2.24) is 0 Å². The fourth-order valence-corrected chi connectivity index (χ4v) is 4.19. The molecule has 98 valence electrons. The molecule has 1 fully saturated rings. The Hall–Kier alpha value is -1.16. The predicted molar refractivity (Wildman–Crippen MR) is 71.4 cm³/mol. The van der Waals surface area contributed by atoms with Crippen LogP contribution in [0.4, 0.5) is 0 Å². The molecule has 3 nitrogen and oxygen atoms in total. The first-order valence-corrected chi connectivity index (χ1v) is 8.07. The van der Waals surface area contributed by atoms with Gasteiger partial charge in [-0.25, -0.2) is 8.42 Å². The summed E-state index contributed by atoms with van der Waals surface area (Å²) in [5, 5.41) is 0. The summed E-state index contributed by atoms with van der Waals surface area (Å²) >= 11 is 0. The van der Waals surface area contributed by atoms with Gasteiger partial charge in [0.05, 0.1) is 11.5 Å². The third-order valence-corrected chi connectivity index (χ3v) is 5.52. The minimum atomic E-state index is -2.87. The van der Waals surface area contributed by atoms with Crippen LogP contribution in [0.2, 0.25) is 0 Å². The second-order valence-corrected chi connectivity index (χ2v) is 7.31. The molecular formula is C14H18O3S. The van der Waals surface area contributed by atoms with Crippen LogP contribution in [-0.2, 0) is 14.6 Å². The van der Waals surface area contributed by atoms with Gasteiger partial charge in [-0.05, 0) is 36.8 Å². The Labute approximate surface area is 108 Å². The third-order valence-electron chi connectivity index (χ3n) is 3.80. The van der Waals surface area contributed by atoms with Gasteiger partial charge in [0.25, 0.3) is 0 Å². The van der Waals surface area contributed by atoms with Crippen LogP contribution < -0.4 is 0 Å². The van der Waals surface area contributed by atoms with Crippen LogP contribution in [0.3, 0.4) is 0 Å². The van der Waals surface area contributed by atoms with Crippen molar-refractivity contribution in [3.05, 3.63) is 35.4 Å². The standard InChI is InChI=1S/C14H18O3S/c1-11-4-2-3-5-13(11)14(10-15)12-6-8-18(16,17)9-7-12/h2-5,10,12,14H,6-9H2,1H3. The molecule has 1 heterocycles.